The third-order valence-corrected chi connectivity index (χ3v) is 5.85. The highest BCUT2D eigenvalue weighted by atomic mass is 32.2. The lowest BCUT2D eigenvalue weighted by molar-refractivity contribution is -0.137. The van der Waals surface area contributed by atoms with E-state index in [4.69, 9.17) is 9.84 Å². The lowest BCUT2D eigenvalue weighted by Gasteiger charge is -2.32. The van der Waals surface area contributed by atoms with Gasteiger partial charge in [0, 0.05) is 6.04 Å². The molecule has 1 aliphatic rings. The first-order valence-electron chi connectivity index (χ1n) is 7.33. The van der Waals surface area contributed by atoms with Crippen molar-refractivity contribution in [1.82, 2.24) is 4.31 Å². The SMILES string of the molecule is COc1ccc(S(=O)(=O)N(CC(=O)O)C2CCCCC2)cc1. The summed E-state index contributed by atoms with van der Waals surface area (Å²) in [4.78, 5) is 11.2. The normalized spacial score (nSPS) is 16.6. The van der Waals surface area contributed by atoms with E-state index < -0.39 is 22.5 Å². The second-order valence-electron chi connectivity index (χ2n) is 5.41. The summed E-state index contributed by atoms with van der Waals surface area (Å²) < 4.78 is 31.7. The van der Waals surface area contributed by atoms with Gasteiger partial charge >= 0.3 is 5.97 Å². The van der Waals surface area contributed by atoms with Crippen molar-refractivity contribution in [3.05, 3.63) is 24.3 Å². The van der Waals surface area contributed by atoms with E-state index in [1.54, 1.807) is 12.1 Å². The maximum absolute atomic E-state index is 12.8. The number of ether oxygens (including phenoxy) is 1. The van der Waals surface area contributed by atoms with Crippen LogP contribution in [0.4, 0.5) is 0 Å². The molecule has 1 aromatic rings. The zero-order chi connectivity index (χ0) is 16.2. The Morgan fingerprint density at radius 3 is 2.32 bits per heavy atom. The number of benzene rings is 1. The summed E-state index contributed by atoms with van der Waals surface area (Å²) in [7, 11) is -2.32. The molecule has 1 aliphatic carbocycles. The maximum atomic E-state index is 12.8. The minimum Gasteiger partial charge on any atom is -0.497 e. The van der Waals surface area contributed by atoms with Gasteiger partial charge in [-0.1, -0.05) is 19.3 Å². The van der Waals surface area contributed by atoms with Gasteiger partial charge in [-0.2, -0.15) is 4.31 Å². The molecule has 0 amide bonds. The van der Waals surface area contributed by atoms with E-state index in [0.717, 1.165) is 23.6 Å². The van der Waals surface area contributed by atoms with Crippen molar-refractivity contribution in [2.75, 3.05) is 13.7 Å². The van der Waals surface area contributed by atoms with Crippen molar-refractivity contribution < 1.29 is 23.1 Å². The fourth-order valence-corrected chi connectivity index (χ4v) is 4.43. The third kappa shape index (κ3) is 3.78. The van der Waals surface area contributed by atoms with E-state index in [0.29, 0.717) is 18.6 Å². The van der Waals surface area contributed by atoms with E-state index >= 15 is 0 Å². The maximum Gasteiger partial charge on any atom is 0.318 e. The number of methoxy groups -OCH3 is 1. The van der Waals surface area contributed by atoms with Crippen LogP contribution in [0.2, 0.25) is 0 Å². The molecule has 1 aromatic carbocycles. The molecule has 1 fully saturated rings. The van der Waals surface area contributed by atoms with E-state index in [-0.39, 0.29) is 10.9 Å². The highest BCUT2D eigenvalue weighted by molar-refractivity contribution is 7.89. The fourth-order valence-electron chi connectivity index (χ4n) is 2.80. The molecule has 122 valence electrons. The number of carboxylic acid groups (broad SMARTS) is 1. The number of carboxylic acids is 1. The molecular formula is C15H21NO5S. The molecule has 0 unspecified atom stereocenters. The molecule has 0 bridgehead atoms. The average Bonchev–Trinajstić information content (AvgIpc) is 2.53. The van der Waals surface area contributed by atoms with Crippen molar-refractivity contribution in [3.63, 3.8) is 0 Å². The summed E-state index contributed by atoms with van der Waals surface area (Å²) in [5.41, 5.74) is 0. The number of nitrogens with zero attached hydrogens (tertiary/aromatic N) is 1. The molecule has 0 radical (unpaired) electrons. The van der Waals surface area contributed by atoms with Gasteiger partial charge in [-0.15, -0.1) is 0 Å². The predicted molar refractivity (Wildman–Crippen MR) is 81.4 cm³/mol. The van der Waals surface area contributed by atoms with Gasteiger partial charge in [-0.3, -0.25) is 4.79 Å². The Bertz CT molecular complexity index is 605. The Hall–Kier alpha value is -1.60. The summed E-state index contributed by atoms with van der Waals surface area (Å²) >= 11 is 0. The number of hydrogen-bond acceptors (Lipinski definition) is 4. The van der Waals surface area contributed by atoms with Crippen LogP contribution in [0.15, 0.2) is 29.2 Å². The van der Waals surface area contributed by atoms with Gasteiger partial charge in [-0.25, -0.2) is 8.42 Å². The van der Waals surface area contributed by atoms with Crippen LogP contribution < -0.4 is 4.74 Å². The molecule has 1 saturated carbocycles. The van der Waals surface area contributed by atoms with Crippen molar-refractivity contribution >= 4 is 16.0 Å². The standard InChI is InChI=1S/C15H21NO5S/c1-21-13-7-9-14(10-8-13)22(19,20)16(11-15(17)18)12-5-3-2-4-6-12/h7-10,12H,2-6,11H2,1H3,(H,17,18). The molecule has 7 heteroatoms. The molecule has 6 nitrogen and oxygen atoms in total. The summed E-state index contributed by atoms with van der Waals surface area (Å²) in [6.45, 7) is -0.501. The van der Waals surface area contributed by atoms with Crippen molar-refractivity contribution in [1.29, 1.82) is 0 Å². The Morgan fingerprint density at radius 2 is 1.82 bits per heavy atom. The van der Waals surface area contributed by atoms with E-state index in [1.165, 1.54) is 19.2 Å². The van der Waals surface area contributed by atoms with Crippen LogP contribution in [0.3, 0.4) is 0 Å². The van der Waals surface area contributed by atoms with Crippen LogP contribution in [-0.2, 0) is 14.8 Å². The molecule has 0 spiro atoms. The molecule has 1 N–H and O–H groups in total. The first-order chi connectivity index (χ1) is 10.4. The van der Waals surface area contributed by atoms with Gasteiger partial charge in [0.15, 0.2) is 0 Å². The van der Waals surface area contributed by atoms with Crippen LogP contribution in [0.25, 0.3) is 0 Å². The van der Waals surface area contributed by atoms with E-state index in [1.807, 2.05) is 0 Å². The minimum absolute atomic E-state index is 0.0973. The Morgan fingerprint density at radius 1 is 1.23 bits per heavy atom. The molecular weight excluding hydrogens is 306 g/mol. The van der Waals surface area contributed by atoms with Gasteiger partial charge in [0.1, 0.15) is 12.3 Å². The Labute approximate surface area is 130 Å². The van der Waals surface area contributed by atoms with Crippen LogP contribution in [0.5, 0.6) is 5.75 Å². The topological polar surface area (TPSA) is 83.9 Å². The Kier molecular flexibility index (Phi) is 5.42. The summed E-state index contributed by atoms with van der Waals surface area (Å²) in [5.74, 6) is -0.580. The van der Waals surface area contributed by atoms with Crippen LogP contribution in [-0.4, -0.2) is 43.5 Å². The zero-order valence-corrected chi connectivity index (χ0v) is 13.4. The molecule has 0 saturated heterocycles. The lowest BCUT2D eigenvalue weighted by atomic mass is 9.95. The first-order valence-corrected chi connectivity index (χ1v) is 8.77. The van der Waals surface area contributed by atoms with E-state index in [2.05, 4.69) is 0 Å². The third-order valence-electron chi connectivity index (χ3n) is 3.94. The predicted octanol–water partition coefficient (Wildman–Crippen LogP) is 2.10. The van der Waals surface area contributed by atoms with Gasteiger partial charge < -0.3 is 9.84 Å². The minimum atomic E-state index is -3.82. The molecule has 0 aliphatic heterocycles. The number of hydrogen-bond donors (Lipinski definition) is 1. The highest BCUT2D eigenvalue weighted by Crippen LogP contribution is 2.28. The zero-order valence-electron chi connectivity index (χ0n) is 12.6. The summed E-state index contributed by atoms with van der Waals surface area (Å²) in [5, 5.41) is 9.08. The average molecular weight is 327 g/mol. The molecule has 0 aromatic heterocycles. The summed E-state index contributed by atoms with van der Waals surface area (Å²) in [6, 6.07) is 5.79. The quantitative estimate of drug-likeness (QED) is 0.865. The lowest BCUT2D eigenvalue weighted by Crippen LogP contribution is -2.44. The van der Waals surface area contributed by atoms with Crippen molar-refractivity contribution in [3.8, 4) is 5.75 Å². The van der Waals surface area contributed by atoms with Crippen LogP contribution in [0.1, 0.15) is 32.1 Å². The Balaban J connectivity index is 2.32. The van der Waals surface area contributed by atoms with Gasteiger partial charge in [0.2, 0.25) is 10.0 Å². The number of aliphatic carboxylic acids is 1. The number of rotatable bonds is 6. The smallest absolute Gasteiger partial charge is 0.318 e. The molecule has 0 heterocycles. The largest absolute Gasteiger partial charge is 0.497 e. The highest BCUT2D eigenvalue weighted by Gasteiger charge is 2.33. The monoisotopic (exact) mass is 327 g/mol. The molecule has 2 rings (SSSR count). The first kappa shape index (κ1) is 16.8. The van der Waals surface area contributed by atoms with Crippen LogP contribution in [0, 0.1) is 0 Å². The van der Waals surface area contributed by atoms with Gasteiger partial charge in [-0.05, 0) is 37.1 Å². The van der Waals surface area contributed by atoms with E-state index in [9.17, 15) is 13.2 Å². The van der Waals surface area contributed by atoms with Crippen molar-refractivity contribution in [2.24, 2.45) is 0 Å². The van der Waals surface area contributed by atoms with Crippen molar-refractivity contribution in [2.45, 2.75) is 43.0 Å². The number of sulfonamides is 1. The second kappa shape index (κ2) is 7.11. The number of carbonyl (C=O) groups is 1. The fraction of sp³-hybridized carbons (Fsp3) is 0.533. The van der Waals surface area contributed by atoms with Crippen LogP contribution >= 0.6 is 0 Å². The summed E-state index contributed by atoms with van der Waals surface area (Å²) in [6.07, 6.45) is 4.35. The van der Waals surface area contributed by atoms with Gasteiger partial charge in [0.05, 0.1) is 12.0 Å². The second-order valence-corrected chi connectivity index (χ2v) is 7.30. The van der Waals surface area contributed by atoms with Gasteiger partial charge in [0.25, 0.3) is 0 Å². The molecule has 0 atom stereocenters. The molecule has 22 heavy (non-hydrogen) atoms.